The zero-order chi connectivity index (χ0) is 8.60. The molecule has 12 heavy (non-hydrogen) atoms. The summed E-state index contributed by atoms with van der Waals surface area (Å²) in [7, 11) is 0. The van der Waals surface area contributed by atoms with Gasteiger partial charge in [0.15, 0.2) is 0 Å². The fraction of sp³-hybridized carbons (Fsp3) is 0.333. The highest BCUT2D eigenvalue weighted by molar-refractivity contribution is 5.49. The van der Waals surface area contributed by atoms with Crippen LogP contribution in [0.3, 0.4) is 0 Å². The lowest BCUT2D eigenvalue weighted by Crippen LogP contribution is -2.06. The molecule has 0 atom stereocenters. The molecule has 62 valence electrons. The van der Waals surface area contributed by atoms with Crippen LogP contribution >= 0.6 is 0 Å². The van der Waals surface area contributed by atoms with Crippen molar-refractivity contribution in [2.75, 3.05) is 0 Å². The van der Waals surface area contributed by atoms with Crippen LogP contribution in [0.5, 0.6) is 0 Å². The van der Waals surface area contributed by atoms with E-state index in [-0.39, 0.29) is 5.41 Å². The van der Waals surface area contributed by atoms with E-state index in [4.69, 9.17) is 0 Å². The van der Waals surface area contributed by atoms with Crippen LogP contribution in [-0.2, 0) is 0 Å². The summed E-state index contributed by atoms with van der Waals surface area (Å²) in [6.07, 6.45) is 14.3. The molecule has 0 nitrogen and oxygen atoms in total. The topological polar surface area (TPSA) is 0 Å². The smallest absolute Gasteiger partial charge is 0.00813 e. The Morgan fingerprint density at radius 3 is 2.83 bits per heavy atom. The highest BCUT2D eigenvalue weighted by Crippen LogP contribution is 2.39. The summed E-state index contributed by atoms with van der Waals surface area (Å²) in [5, 5.41) is 0. The predicted octanol–water partition coefficient (Wildman–Crippen LogP) is 3.40. The molecule has 0 N–H and O–H groups in total. The molecule has 0 aromatic rings. The van der Waals surface area contributed by atoms with Crippen LogP contribution in [0, 0.1) is 5.41 Å². The molecule has 0 amide bonds. The Labute approximate surface area is 74.0 Å². The average molecular weight is 158 g/mol. The average Bonchev–Trinajstić information content (AvgIpc) is 2.27. The standard InChI is InChI=1S/C12H14/c1-12(2)9-8-10-6-4-3-5-7-11(10)12/h3-5,7-9H,6H2,1-2H3. The van der Waals surface area contributed by atoms with Gasteiger partial charge in [-0.05, 0) is 17.6 Å². The molecular weight excluding hydrogens is 144 g/mol. The molecule has 0 aliphatic heterocycles. The molecule has 0 fully saturated rings. The summed E-state index contributed by atoms with van der Waals surface area (Å²) in [6, 6.07) is 0. The lowest BCUT2D eigenvalue weighted by molar-refractivity contribution is 0.603. The molecule has 0 aromatic heterocycles. The van der Waals surface area contributed by atoms with E-state index in [0.29, 0.717) is 0 Å². The first-order valence-corrected chi connectivity index (χ1v) is 4.46. The van der Waals surface area contributed by atoms with Crippen molar-refractivity contribution in [2.45, 2.75) is 20.3 Å². The monoisotopic (exact) mass is 158 g/mol. The first kappa shape index (κ1) is 7.60. The van der Waals surface area contributed by atoms with E-state index >= 15 is 0 Å². The molecule has 2 aliphatic carbocycles. The summed E-state index contributed by atoms with van der Waals surface area (Å²) < 4.78 is 0. The van der Waals surface area contributed by atoms with E-state index < -0.39 is 0 Å². The first-order valence-electron chi connectivity index (χ1n) is 4.46. The minimum absolute atomic E-state index is 0.248. The molecule has 0 radical (unpaired) electrons. The van der Waals surface area contributed by atoms with E-state index in [1.54, 1.807) is 0 Å². The quantitative estimate of drug-likeness (QED) is 0.507. The summed E-state index contributed by atoms with van der Waals surface area (Å²) in [5.74, 6) is 0. The van der Waals surface area contributed by atoms with Gasteiger partial charge in [-0.3, -0.25) is 0 Å². The van der Waals surface area contributed by atoms with Crippen LogP contribution in [0.25, 0.3) is 0 Å². The van der Waals surface area contributed by atoms with Crippen molar-refractivity contribution in [1.29, 1.82) is 0 Å². The molecule has 0 spiro atoms. The van der Waals surface area contributed by atoms with Crippen LogP contribution in [0.1, 0.15) is 20.3 Å². The van der Waals surface area contributed by atoms with Gasteiger partial charge in [-0.2, -0.15) is 0 Å². The Balaban J connectivity index is 2.45. The molecular formula is C12H14. The Morgan fingerprint density at radius 1 is 1.17 bits per heavy atom. The van der Waals surface area contributed by atoms with Crippen LogP contribution in [0.4, 0.5) is 0 Å². The molecule has 0 heteroatoms. The second-order valence-corrected chi connectivity index (χ2v) is 3.99. The zero-order valence-electron chi connectivity index (χ0n) is 7.67. The lowest BCUT2D eigenvalue weighted by atomic mass is 9.86. The van der Waals surface area contributed by atoms with Gasteiger partial charge >= 0.3 is 0 Å². The minimum Gasteiger partial charge on any atom is -0.0801 e. The van der Waals surface area contributed by atoms with Gasteiger partial charge in [0, 0.05) is 5.41 Å². The van der Waals surface area contributed by atoms with Gasteiger partial charge in [-0.25, -0.2) is 0 Å². The molecule has 2 aliphatic rings. The number of rotatable bonds is 0. The van der Waals surface area contributed by atoms with Gasteiger partial charge < -0.3 is 0 Å². The van der Waals surface area contributed by atoms with E-state index in [1.807, 2.05) is 0 Å². The van der Waals surface area contributed by atoms with Crippen molar-refractivity contribution >= 4 is 0 Å². The third-order valence-corrected chi connectivity index (χ3v) is 2.59. The van der Waals surface area contributed by atoms with Crippen LogP contribution in [0.2, 0.25) is 0 Å². The zero-order valence-corrected chi connectivity index (χ0v) is 7.67. The predicted molar refractivity (Wildman–Crippen MR) is 52.8 cm³/mol. The maximum absolute atomic E-state index is 2.29. The second-order valence-electron chi connectivity index (χ2n) is 3.99. The number of hydrogen-bond acceptors (Lipinski definition) is 0. The summed E-state index contributed by atoms with van der Waals surface area (Å²) in [4.78, 5) is 0. The fourth-order valence-electron chi connectivity index (χ4n) is 1.83. The molecule has 2 rings (SSSR count). The van der Waals surface area contributed by atoms with E-state index in [1.165, 1.54) is 11.1 Å². The van der Waals surface area contributed by atoms with Gasteiger partial charge in [0.25, 0.3) is 0 Å². The van der Waals surface area contributed by atoms with Gasteiger partial charge in [-0.15, -0.1) is 0 Å². The highest BCUT2D eigenvalue weighted by Gasteiger charge is 2.25. The summed E-state index contributed by atoms with van der Waals surface area (Å²) >= 11 is 0. The van der Waals surface area contributed by atoms with E-state index in [9.17, 15) is 0 Å². The van der Waals surface area contributed by atoms with Crippen molar-refractivity contribution in [1.82, 2.24) is 0 Å². The normalized spacial score (nSPS) is 24.5. The van der Waals surface area contributed by atoms with E-state index in [2.05, 4.69) is 50.3 Å². The molecule has 0 heterocycles. The SMILES string of the molecule is CC1(C)C=CC2=C1C=CC=CC2. The molecule has 0 unspecified atom stereocenters. The molecule has 0 saturated heterocycles. The van der Waals surface area contributed by atoms with Crippen molar-refractivity contribution < 1.29 is 0 Å². The Hall–Kier alpha value is -1.04. The van der Waals surface area contributed by atoms with Crippen molar-refractivity contribution in [3.63, 3.8) is 0 Å². The molecule has 0 aromatic carbocycles. The summed E-state index contributed by atoms with van der Waals surface area (Å²) in [6.45, 7) is 4.53. The third-order valence-electron chi connectivity index (χ3n) is 2.59. The van der Waals surface area contributed by atoms with E-state index in [0.717, 1.165) is 6.42 Å². The van der Waals surface area contributed by atoms with Crippen molar-refractivity contribution in [3.8, 4) is 0 Å². The summed E-state index contributed by atoms with van der Waals surface area (Å²) in [5.41, 5.74) is 3.20. The van der Waals surface area contributed by atoms with Crippen molar-refractivity contribution in [2.24, 2.45) is 5.41 Å². The van der Waals surface area contributed by atoms with Crippen LogP contribution in [0.15, 0.2) is 47.6 Å². The first-order chi connectivity index (χ1) is 5.70. The maximum Gasteiger partial charge on any atom is 0.00813 e. The Kier molecular flexibility index (Phi) is 1.57. The van der Waals surface area contributed by atoms with Crippen LogP contribution < -0.4 is 0 Å². The number of allylic oxidation sites excluding steroid dienone is 8. The van der Waals surface area contributed by atoms with Gasteiger partial charge in [0.2, 0.25) is 0 Å². The van der Waals surface area contributed by atoms with Gasteiger partial charge in [0.05, 0.1) is 0 Å². The number of hydrogen-bond donors (Lipinski definition) is 0. The third kappa shape index (κ3) is 1.08. The molecule has 0 saturated carbocycles. The minimum atomic E-state index is 0.248. The molecule has 0 bridgehead atoms. The van der Waals surface area contributed by atoms with Gasteiger partial charge in [-0.1, -0.05) is 50.3 Å². The Bertz CT molecular complexity index is 309. The largest absolute Gasteiger partial charge is 0.0801 e. The maximum atomic E-state index is 2.29. The Morgan fingerprint density at radius 2 is 2.00 bits per heavy atom. The van der Waals surface area contributed by atoms with Gasteiger partial charge in [0.1, 0.15) is 0 Å². The lowest BCUT2D eigenvalue weighted by Gasteiger charge is -2.18. The highest BCUT2D eigenvalue weighted by atomic mass is 14.3. The fourth-order valence-corrected chi connectivity index (χ4v) is 1.83. The second kappa shape index (κ2) is 2.48. The van der Waals surface area contributed by atoms with Crippen molar-refractivity contribution in [3.05, 3.63) is 47.6 Å². The van der Waals surface area contributed by atoms with Crippen LogP contribution in [-0.4, -0.2) is 0 Å².